The van der Waals surface area contributed by atoms with Crippen molar-refractivity contribution < 1.29 is 19.2 Å². The highest BCUT2D eigenvalue weighted by Crippen LogP contribution is 2.25. The average Bonchev–Trinajstić information content (AvgIpc) is 3.15. The van der Waals surface area contributed by atoms with Gasteiger partial charge in [-0.05, 0) is 48.6 Å². The number of aromatic nitrogens is 3. The molecule has 2 fully saturated rings. The van der Waals surface area contributed by atoms with Gasteiger partial charge in [0.05, 0.1) is 31.4 Å². The predicted molar refractivity (Wildman–Crippen MR) is 189 cm³/mol. The van der Waals surface area contributed by atoms with Gasteiger partial charge in [0, 0.05) is 75.7 Å². The zero-order valence-corrected chi connectivity index (χ0v) is 28.0. The van der Waals surface area contributed by atoms with E-state index in [0.717, 1.165) is 30.9 Å². The zero-order valence-electron chi connectivity index (χ0n) is 28.0. The summed E-state index contributed by atoms with van der Waals surface area (Å²) in [5.74, 6) is 2.08. The van der Waals surface area contributed by atoms with Gasteiger partial charge in [-0.2, -0.15) is 15.0 Å². The lowest BCUT2D eigenvalue weighted by Gasteiger charge is -2.36. The van der Waals surface area contributed by atoms with Crippen LogP contribution in [0.25, 0.3) is 0 Å². The molecule has 1 aliphatic carbocycles. The minimum atomic E-state index is -0.383. The number of piperazine rings is 1. The van der Waals surface area contributed by atoms with E-state index < -0.39 is 0 Å². The number of amides is 1. The number of hydrogen-bond acceptors (Lipinski definition) is 13. The molecular formula is C34H48N10O5. The Balaban J connectivity index is 1.16. The SMILES string of the molecule is NCCOCCOCCNC(=O)c1ccc(CNc2nc(NCC3CCCCC3)nc(N3CCN(c4ccc([N+](=O)[O-])cc4)CC3)n2)cc1. The number of nitro benzene ring substituents is 1. The van der Waals surface area contributed by atoms with Gasteiger partial charge in [-0.25, -0.2) is 0 Å². The van der Waals surface area contributed by atoms with Crippen LogP contribution >= 0.6 is 0 Å². The van der Waals surface area contributed by atoms with Crippen molar-refractivity contribution in [2.24, 2.45) is 11.7 Å². The third-order valence-corrected chi connectivity index (χ3v) is 8.72. The number of nitrogens with zero attached hydrogens (tertiary/aromatic N) is 6. The average molecular weight is 677 g/mol. The Morgan fingerprint density at radius 2 is 1.49 bits per heavy atom. The normalized spacial score (nSPS) is 15.2. The molecule has 2 aliphatic rings. The van der Waals surface area contributed by atoms with E-state index in [9.17, 15) is 14.9 Å². The molecule has 1 amide bonds. The van der Waals surface area contributed by atoms with Crippen LogP contribution in [0.1, 0.15) is 48.0 Å². The van der Waals surface area contributed by atoms with Crippen LogP contribution in [0, 0.1) is 16.0 Å². The van der Waals surface area contributed by atoms with Crippen molar-refractivity contribution in [1.29, 1.82) is 0 Å². The van der Waals surface area contributed by atoms with E-state index in [0.29, 0.717) is 88.5 Å². The minimum absolute atomic E-state index is 0.0840. The Morgan fingerprint density at radius 3 is 2.16 bits per heavy atom. The van der Waals surface area contributed by atoms with Crippen molar-refractivity contribution in [3.05, 3.63) is 69.8 Å². The number of nitrogens with one attached hydrogen (secondary N) is 3. The smallest absolute Gasteiger partial charge is 0.269 e. The summed E-state index contributed by atoms with van der Waals surface area (Å²) in [6.45, 7) is 6.89. The molecule has 3 aromatic rings. The van der Waals surface area contributed by atoms with Gasteiger partial charge in [-0.1, -0.05) is 31.4 Å². The highest BCUT2D eigenvalue weighted by atomic mass is 16.6. The van der Waals surface area contributed by atoms with Crippen molar-refractivity contribution in [3.63, 3.8) is 0 Å². The summed E-state index contributed by atoms with van der Waals surface area (Å²) in [7, 11) is 0. The van der Waals surface area contributed by atoms with E-state index in [1.165, 1.54) is 32.1 Å². The second-order valence-electron chi connectivity index (χ2n) is 12.2. The minimum Gasteiger partial charge on any atom is -0.378 e. The van der Waals surface area contributed by atoms with Crippen LogP contribution in [-0.2, 0) is 16.0 Å². The molecule has 2 aromatic carbocycles. The molecule has 49 heavy (non-hydrogen) atoms. The van der Waals surface area contributed by atoms with Crippen LogP contribution in [0.3, 0.4) is 0 Å². The second kappa shape index (κ2) is 18.8. The number of nitro groups is 1. The van der Waals surface area contributed by atoms with Crippen molar-refractivity contribution in [3.8, 4) is 0 Å². The Morgan fingerprint density at radius 1 is 0.837 bits per heavy atom. The van der Waals surface area contributed by atoms with Gasteiger partial charge in [0.25, 0.3) is 11.6 Å². The fraction of sp³-hybridized carbons (Fsp3) is 0.529. The molecule has 1 saturated heterocycles. The van der Waals surface area contributed by atoms with Crippen LogP contribution in [0.15, 0.2) is 48.5 Å². The number of hydrogen-bond donors (Lipinski definition) is 4. The Hall–Kier alpha value is -4.60. The summed E-state index contributed by atoms with van der Waals surface area (Å²) in [4.78, 5) is 41.9. The van der Waals surface area contributed by atoms with Gasteiger partial charge < -0.3 is 41.0 Å². The van der Waals surface area contributed by atoms with Crippen molar-refractivity contribution in [1.82, 2.24) is 20.3 Å². The summed E-state index contributed by atoms with van der Waals surface area (Å²) < 4.78 is 10.7. The third-order valence-electron chi connectivity index (χ3n) is 8.72. The fourth-order valence-corrected chi connectivity index (χ4v) is 5.94. The van der Waals surface area contributed by atoms with Crippen molar-refractivity contribution in [2.45, 2.75) is 38.6 Å². The van der Waals surface area contributed by atoms with Gasteiger partial charge in [-0.15, -0.1) is 0 Å². The first kappa shape index (κ1) is 35.7. The molecule has 0 radical (unpaired) electrons. The maximum atomic E-state index is 12.6. The van der Waals surface area contributed by atoms with E-state index in [2.05, 4.69) is 25.8 Å². The number of carbonyl (C=O) groups excluding carboxylic acids is 1. The number of non-ortho nitro benzene ring substituents is 1. The van der Waals surface area contributed by atoms with Crippen molar-refractivity contribution in [2.75, 3.05) is 92.7 Å². The van der Waals surface area contributed by atoms with Gasteiger partial charge in [-0.3, -0.25) is 14.9 Å². The first-order valence-corrected chi connectivity index (χ1v) is 17.2. The molecule has 5 N–H and O–H groups in total. The predicted octanol–water partition coefficient (Wildman–Crippen LogP) is 3.43. The molecule has 5 rings (SSSR count). The van der Waals surface area contributed by atoms with Gasteiger partial charge in [0.1, 0.15) is 0 Å². The van der Waals surface area contributed by atoms with Crippen LogP contribution in [-0.4, -0.2) is 98.0 Å². The van der Waals surface area contributed by atoms with Crippen LogP contribution in [0.2, 0.25) is 0 Å². The molecular weight excluding hydrogens is 628 g/mol. The number of benzene rings is 2. The standard InChI is InChI=1S/C34H48N10O5/c35-14-20-48-22-23-49-21-15-36-31(45)28-8-6-27(7-9-28)25-38-33-39-32(37-24-26-4-2-1-3-5-26)40-34(41-33)43-18-16-42(17-19-43)29-10-12-30(13-11-29)44(46)47/h6-13,26H,1-5,14-25,35H2,(H,36,45)(H2,37,38,39,40,41). The Labute approximate surface area is 287 Å². The van der Waals surface area contributed by atoms with E-state index in [1.54, 1.807) is 36.4 Å². The first-order chi connectivity index (χ1) is 24.0. The highest BCUT2D eigenvalue weighted by molar-refractivity contribution is 5.94. The lowest BCUT2D eigenvalue weighted by Crippen LogP contribution is -2.47. The molecule has 0 atom stereocenters. The number of carbonyl (C=O) groups is 1. The fourth-order valence-electron chi connectivity index (χ4n) is 5.94. The molecule has 1 aromatic heterocycles. The number of rotatable bonds is 18. The summed E-state index contributed by atoms with van der Waals surface area (Å²) in [6, 6.07) is 14.1. The molecule has 15 nitrogen and oxygen atoms in total. The molecule has 0 unspecified atom stereocenters. The molecule has 1 saturated carbocycles. The molecule has 2 heterocycles. The molecule has 0 bridgehead atoms. The molecule has 0 spiro atoms. The lowest BCUT2D eigenvalue weighted by atomic mass is 9.89. The maximum Gasteiger partial charge on any atom is 0.269 e. The highest BCUT2D eigenvalue weighted by Gasteiger charge is 2.22. The van der Waals surface area contributed by atoms with Gasteiger partial charge in [0.15, 0.2) is 0 Å². The summed E-state index contributed by atoms with van der Waals surface area (Å²) in [5, 5.41) is 20.8. The summed E-state index contributed by atoms with van der Waals surface area (Å²) in [6.07, 6.45) is 6.27. The van der Waals surface area contributed by atoms with Gasteiger partial charge >= 0.3 is 0 Å². The van der Waals surface area contributed by atoms with Crippen LogP contribution in [0.4, 0.5) is 29.2 Å². The van der Waals surface area contributed by atoms with Crippen LogP contribution in [0.5, 0.6) is 0 Å². The van der Waals surface area contributed by atoms with E-state index in [-0.39, 0.29) is 16.5 Å². The van der Waals surface area contributed by atoms with E-state index in [4.69, 9.17) is 30.2 Å². The second-order valence-corrected chi connectivity index (χ2v) is 12.2. The maximum absolute atomic E-state index is 12.6. The first-order valence-electron chi connectivity index (χ1n) is 17.2. The summed E-state index contributed by atoms with van der Waals surface area (Å²) >= 11 is 0. The molecule has 1 aliphatic heterocycles. The van der Waals surface area contributed by atoms with Gasteiger partial charge in [0.2, 0.25) is 17.8 Å². The molecule has 15 heteroatoms. The quantitative estimate of drug-likeness (QED) is 0.0873. The largest absolute Gasteiger partial charge is 0.378 e. The Kier molecular flexibility index (Phi) is 13.7. The van der Waals surface area contributed by atoms with E-state index >= 15 is 0 Å². The monoisotopic (exact) mass is 676 g/mol. The molecule has 264 valence electrons. The number of anilines is 4. The van der Waals surface area contributed by atoms with Crippen molar-refractivity contribution >= 4 is 35.1 Å². The number of nitrogens with two attached hydrogens (primary N) is 1. The topological polar surface area (TPSA) is 186 Å². The third kappa shape index (κ3) is 11.2. The zero-order chi connectivity index (χ0) is 34.3. The summed E-state index contributed by atoms with van der Waals surface area (Å²) in [5.41, 5.74) is 7.97. The lowest BCUT2D eigenvalue weighted by molar-refractivity contribution is -0.384. The Bertz CT molecular complexity index is 1460. The van der Waals surface area contributed by atoms with Crippen LogP contribution < -0.4 is 31.5 Å². The van der Waals surface area contributed by atoms with E-state index in [1.807, 2.05) is 12.1 Å². The number of ether oxygens (including phenoxy) is 2.